The summed E-state index contributed by atoms with van der Waals surface area (Å²) in [6.07, 6.45) is 7.67. The molecule has 4 fully saturated rings. The van der Waals surface area contributed by atoms with Crippen molar-refractivity contribution in [3.63, 3.8) is 0 Å². The van der Waals surface area contributed by atoms with E-state index < -0.39 is 25.0 Å². The summed E-state index contributed by atoms with van der Waals surface area (Å²) in [5.41, 5.74) is 7.26. The second kappa shape index (κ2) is 9.00. The predicted molar refractivity (Wildman–Crippen MR) is 123 cm³/mol. The van der Waals surface area contributed by atoms with Gasteiger partial charge in [-0.25, -0.2) is 0 Å². The highest BCUT2D eigenvalue weighted by molar-refractivity contribution is 7.59. The molecule has 5 nitrogen and oxygen atoms in total. The van der Waals surface area contributed by atoms with Crippen LogP contribution in [0, 0.1) is 29.6 Å². The molecule has 0 aliphatic heterocycles. The number of benzene rings is 1. The van der Waals surface area contributed by atoms with Crippen LogP contribution in [-0.2, 0) is 20.3 Å². The van der Waals surface area contributed by atoms with Crippen LogP contribution in [0.5, 0.6) is 0 Å². The van der Waals surface area contributed by atoms with Gasteiger partial charge in [-0.2, -0.15) is 0 Å². The molecule has 4 aliphatic carbocycles. The fourth-order valence-electron chi connectivity index (χ4n) is 6.84. The molecule has 4 saturated carbocycles. The Morgan fingerprint density at radius 2 is 1.68 bits per heavy atom. The summed E-state index contributed by atoms with van der Waals surface area (Å²) < 4.78 is 21.2. The van der Waals surface area contributed by atoms with Crippen molar-refractivity contribution in [3.8, 4) is 0 Å². The van der Waals surface area contributed by atoms with E-state index in [-0.39, 0.29) is 17.7 Å². The molecule has 1 aromatic carbocycles. The van der Waals surface area contributed by atoms with Gasteiger partial charge in [0, 0.05) is 6.16 Å². The van der Waals surface area contributed by atoms with Crippen molar-refractivity contribution >= 4 is 13.3 Å². The average molecular weight is 448 g/mol. The monoisotopic (exact) mass is 447 g/mol. The third-order valence-electron chi connectivity index (χ3n) is 7.70. The molecule has 172 valence electrons. The van der Waals surface area contributed by atoms with Crippen molar-refractivity contribution in [3.05, 3.63) is 35.9 Å². The van der Waals surface area contributed by atoms with Crippen LogP contribution in [0.3, 0.4) is 0 Å². The Bertz CT molecular complexity index is 789. The summed E-state index contributed by atoms with van der Waals surface area (Å²) >= 11 is 0. The van der Waals surface area contributed by atoms with Gasteiger partial charge < -0.3 is 15.4 Å². The Kier molecular flexibility index (Phi) is 6.68. The quantitative estimate of drug-likeness (QED) is 0.461. The summed E-state index contributed by atoms with van der Waals surface area (Å²) in [6, 6.07) is 9.82. The molecule has 5 rings (SSSR count). The van der Waals surface area contributed by atoms with Crippen LogP contribution in [0.4, 0.5) is 0 Å². The molecule has 3 N–H and O–H groups in total. The predicted octanol–water partition coefficient (Wildman–Crippen LogP) is 5.52. The van der Waals surface area contributed by atoms with Gasteiger partial charge in [-0.05, 0) is 80.6 Å². The average Bonchev–Trinajstić information content (AvgIpc) is 2.66. The molecule has 1 aromatic rings. The van der Waals surface area contributed by atoms with E-state index in [1.807, 2.05) is 44.2 Å². The first-order chi connectivity index (χ1) is 14.7. The van der Waals surface area contributed by atoms with Gasteiger partial charge in [-0.15, -0.1) is 0 Å². The number of rotatable bonds is 10. The minimum absolute atomic E-state index is 0.0380. The Labute approximate surface area is 186 Å². The van der Waals surface area contributed by atoms with E-state index in [2.05, 4.69) is 0 Å². The van der Waals surface area contributed by atoms with Crippen molar-refractivity contribution < 1.29 is 19.0 Å². The highest BCUT2D eigenvalue weighted by atomic mass is 31.2. The van der Waals surface area contributed by atoms with Crippen molar-refractivity contribution in [2.45, 2.75) is 76.6 Å². The molecule has 31 heavy (non-hydrogen) atoms. The van der Waals surface area contributed by atoms with Gasteiger partial charge in [0.05, 0.1) is 17.3 Å². The molecule has 0 aromatic heterocycles. The normalized spacial score (nSPS) is 33.2. The Morgan fingerprint density at radius 1 is 1.13 bits per heavy atom. The smallest absolute Gasteiger partial charge is 0.307 e. The lowest BCUT2D eigenvalue weighted by atomic mass is 9.54. The fraction of sp³-hybridized carbons (Fsp3) is 0.720. The number of aliphatic carboxylic acids is 1. The van der Waals surface area contributed by atoms with E-state index in [4.69, 9.17) is 10.3 Å². The third-order valence-corrected chi connectivity index (χ3v) is 10.5. The van der Waals surface area contributed by atoms with Crippen LogP contribution in [-0.4, -0.2) is 28.6 Å². The second-order valence-corrected chi connectivity index (χ2v) is 13.7. The third kappa shape index (κ3) is 5.26. The molecule has 0 radical (unpaired) electrons. The number of hydrogen-bond acceptors (Lipinski definition) is 4. The SMILES string of the molecule is CC(C)CC(CP(=O)(OC12CC3CC(CC(C3)C1)C2)C(N)Cc1ccccc1)C(=O)O. The van der Waals surface area contributed by atoms with E-state index >= 15 is 0 Å². The molecule has 0 heterocycles. The molecule has 3 atom stereocenters. The first kappa shape index (κ1) is 23.0. The lowest BCUT2D eigenvalue weighted by Gasteiger charge is -2.57. The molecular weight excluding hydrogens is 409 g/mol. The molecule has 6 heteroatoms. The number of carbonyl (C=O) groups is 1. The van der Waals surface area contributed by atoms with Crippen LogP contribution in [0.2, 0.25) is 0 Å². The van der Waals surface area contributed by atoms with Gasteiger partial charge >= 0.3 is 5.97 Å². The van der Waals surface area contributed by atoms with Crippen molar-refractivity contribution in [1.82, 2.24) is 0 Å². The zero-order chi connectivity index (χ0) is 22.2. The van der Waals surface area contributed by atoms with E-state index in [0.29, 0.717) is 30.6 Å². The summed E-state index contributed by atoms with van der Waals surface area (Å²) in [6.45, 7) is 4.01. The topological polar surface area (TPSA) is 89.6 Å². The van der Waals surface area contributed by atoms with Gasteiger partial charge in [0.2, 0.25) is 7.37 Å². The molecule has 0 saturated heterocycles. The maximum atomic E-state index is 14.5. The zero-order valence-corrected chi connectivity index (χ0v) is 19.8. The zero-order valence-electron chi connectivity index (χ0n) is 18.9. The van der Waals surface area contributed by atoms with Gasteiger partial charge in [0.25, 0.3) is 0 Å². The highest BCUT2D eigenvalue weighted by Crippen LogP contribution is 2.64. The van der Waals surface area contributed by atoms with Gasteiger partial charge in [0.15, 0.2) is 0 Å². The summed E-state index contributed by atoms with van der Waals surface area (Å²) in [5, 5.41) is 9.87. The lowest BCUT2D eigenvalue weighted by molar-refractivity contribution is -0.141. The van der Waals surface area contributed by atoms with Crippen molar-refractivity contribution in [1.29, 1.82) is 0 Å². The van der Waals surface area contributed by atoms with E-state index in [1.54, 1.807) is 0 Å². The van der Waals surface area contributed by atoms with Crippen LogP contribution < -0.4 is 5.73 Å². The van der Waals surface area contributed by atoms with E-state index in [9.17, 15) is 14.5 Å². The maximum Gasteiger partial charge on any atom is 0.307 e. The van der Waals surface area contributed by atoms with Crippen LogP contribution >= 0.6 is 7.37 Å². The highest BCUT2D eigenvalue weighted by Gasteiger charge is 2.55. The van der Waals surface area contributed by atoms with Gasteiger partial charge in [-0.1, -0.05) is 44.2 Å². The molecule has 3 unspecified atom stereocenters. The number of carboxylic acids is 1. The lowest BCUT2D eigenvalue weighted by Crippen LogP contribution is -2.52. The largest absolute Gasteiger partial charge is 0.481 e. The van der Waals surface area contributed by atoms with E-state index in [1.165, 1.54) is 19.3 Å². The van der Waals surface area contributed by atoms with Crippen LogP contribution in [0.15, 0.2) is 30.3 Å². The molecule has 0 amide bonds. The fourth-order valence-corrected chi connectivity index (χ4v) is 9.60. The Hall–Kier alpha value is -1.16. The number of carboxylic acid groups (broad SMARTS) is 1. The van der Waals surface area contributed by atoms with Crippen LogP contribution in [0.25, 0.3) is 0 Å². The van der Waals surface area contributed by atoms with Crippen molar-refractivity contribution in [2.75, 3.05) is 6.16 Å². The maximum absolute atomic E-state index is 14.5. The molecule has 0 spiro atoms. The van der Waals surface area contributed by atoms with Crippen LogP contribution in [0.1, 0.15) is 64.4 Å². The minimum Gasteiger partial charge on any atom is -0.481 e. The summed E-state index contributed by atoms with van der Waals surface area (Å²) in [5.74, 6) is -0.0733. The molecular formula is C25H38NO4P. The van der Waals surface area contributed by atoms with Gasteiger partial charge in [-0.3, -0.25) is 9.36 Å². The summed E-state index contributed by atoms with van der Waals surface area (Å²) in [7, 11) is -3.39. The van der Waals surface area contributed by atoms with E-state index in [0.717, 1.165) is 24.8 Å². The Morgan fingerprint density at radius 3 is 2.16 bits per heavy atom. The van der Waals surface area contributed by atoms with Gasteiger partial charge in [0.1, 0.15) is 0 Å². The standard InChI is InChI=1S/C25H38NO4P/c1-17(2)8-22(24(27)28)16-31(29,23(26)12-18-6-4-3-5-7-18)30-25-13-19-9-20(14-25)11-21(10-19)15-25/h3-7,17,19-23H,8-16,26H2,1-2H3,(H,27,28). The van der Waals surface area contributed by atoms with Crippen molar-refractivity contribution in [2.24, 2.45) is 35.3 Å². The minimum atomic E-state index is -3.39. The first-order valence-corrected chi connectivity index (χ1v) is 13.9. The number of nitrogens with two attached hydrogens (primary N) is 1. The Balaban J connectivity index is 1.60. The first-order valence-electron chi connectivity index (χ1n) is 12.0. The summed E-state index contributed by atoms with van der Waals surface area (Å²) in [4.78, 5) is 12.0. The molecule has 4 aliphatic rings. The number of hydrogen-bond donors (Lipinski definition) is 2. The molecule has 4 bridgehead atoms. The second-order valence-electron chi connectivity index (χ2n) is 11.0.